The Morgan fingerprint density at radius 1 is 1.15 bits per heavy atom. The third kappa shape index (κ3) is 3.21. The average molecular weight is 378 g/mol. The first-order chi connectivity index (χ1) is 13.1. The number of nitrogens with zero attached hydrogens (tertiary/aromatic N) is 4. The molecule has 4 rings (SSSR count). The van der Waals surface area contributed by atoms with Gasteiger partial charge in [0, 0.05) is 43.6 Å². The minimum Gasteiger partial charge on any atom is -0.352 e. The molecule has 0 spiro atoms. The highest BCUT2D eigenvalue weighted by molar-refractivity contribution is 7.80. The minimum absolute atomic E-state index is 0.0380. The summed E-state index contributed by atoms with van der Waals surface area (Å²) in [6.07, 6.45) is 5.57. The molecule has 1 aliphatic rings. The highest BCUT2D eigenvalue weighted by atomic mass is 32.1. The van der Waals surface area contributed by atoms with E-state index < -0.39 is 0 Å². The topological polar surface area (TPSA) is 46.0 Å². The molecular formula is C21H23N5S. The highest BCUT2D eigenvalue weighted by Gasteiger charge is 2.39. The van der Waals surface area contributed by atoms with E-state index in [-0.39, 0.29) is 12.1 Å². The van der Waals surface area contributed by atoms with E-state index in [1.165, 1.54) is 22.5 Å². The molecular weight excluding hydrogens is 354 g/mol. The van der Waals surface area contributed by atoms with Crippen molar-refractivity contribution < 1.29 is 0 Å². The fourth-order valence-electron chi connectivity index (χ4n) is 3.89. The van der Waals surface area contributed by atoms with Crippen molar-refractivity contribution in [3.8, 4) is 0 Å². The van der Waals surface area contributed by atoms with E-state index in [9.17, 15) is 0 Å². The van der Waals surface area contributed by atoms with Crippen LogP contribution in [0.3, 0.4) is 0 Å². The van der Waals surface area contributed by atoms with Crippen LogP contribution in [0.1, 0.15) is 40.3 Å². The summed E-state index contributed by atoms with van der Waals surface area (Å²) in [6.45, 7) is 5.15. The van der Waals surface area contributed by atoms with Crippen LogP contribution in [0.5, 0.6) is 0 Å². The first kappa shape index (κ1) is 17.7. The molecule has 1 N–H and O–H groups in total. The van der Waals surface area contributed by atoms with Crippen molar-refractivity contribution in [1.82, 2.24) is 24.8 Å². The van der Waals surface area contributed by atoms with Crippen LogP contribution in [0.25, 0.3) is 0 Å². The van der Waals surface area contributed by atoms with E-state index >= 15 is 0 Å². The Bertz CT molecular complexity index is 951. The molecule has 6 heteroatoms. The van der Waals surface area contributed by atoms with Gasteiger partial charge in [-0.25, -0.2) is 0 Å². The molecule has 0 amide bonds. The molecule has 2 atom stereocenters. The van der Waals surface area contributed by atoms with E-state index in [2.05, 4.69) is 63.8 Å². The zero-order chi connectivity index (χ0) is 19.0. The number of pyridine rings is 2. The SMILES string of the molecule is Cc1cc([C@H]2[C@@H](c3ccccn3)NC(=S)N2C)c(C)n1Cc1cccnc1. The number of hydrogen-bond donors (Lipinski definition) is 1. The second kappa shape index (κ2) is 7.12. The van der Waals surface area contributed by atoms with Gasteiger partial charge in [-0.15, -0.1) is 0 Å². The Morgan fingerprint density at radius 2 is 2.00 bits per heavy atom. The molecule has 1 saturated heterocycles. The molecule has 3 aromatic rings. The Balaban J connectivity index is 1.73. The van der Waals surface area contributed by atoms with Gasteiger partial charge in [0.25, 0.3) is 0 Å². The number of hydrogen-bond acceptors (Lipinski definition) is 3. The third-order valence-corrected chi connectivity index (χ3v) is 5.74. The number of thiocarbonyl (C=S) groups is 1. The van der Waals surface area contributed by atoms with Gasteiger partial charge in [0.05, 0.1) is 17.8 Å². The van der Waals surface area contributed by atoms with E-state index in [1.54, 1.807) is 0 Å². The highest BCUT2D eigenvalue weighted by Crippen LogP contribution is 2.39. The zero-order valence-electron chi connectivity index (χ0n) is 15.8. The maximum Gasteiger partial charge on any atom is 0.169 e. The van der Waals surface area contributed by atoms with Crippen LogP contribution in [0.2, 0.25) is 0 Å². The van der Waals surface area contributed by atoms with Crippen LogP contribution in [-0.2, 0) is 6.54 Å². The Morgan fingerprint density at radius 3 is 2.70 bits per heavy atom. The van der Waals surface area contributed by atoms with Gasteiger partial charge in [-0.05, 0) is 61.5 Å². The summed E-state index contributed by atoms with van der Waals surface area (Å²) >= 11 is 5.56. The lowest BCUT2D eigenvalue weighted by Gasteiger charge is -2.24. The summed E-state index contributed by atoms with van der Waals surface area (Å²) in [5.74, 6) is 0. The summed E-state index contributed by atoms with van der Waals surface area (Å²) in [5.41, 5.74) is 5.96. The first-order valence-corrected chi connectivity index (χ1v) is 9.47. The van der Waals surface area contributed by atoms with Gasteiger partial charge in [-0.3, -0.25) is 9.97 Å². The molecule has 27 heavy (non-hydrogen) atoms. The summed E-state index contributed by atoms with van der Waals surface area (Å²) < 4.78 is 2.34. The van der Waals surface area contributed by atoms with Gasteiger partial charge in [-0.2, -0.15) is 0 Å². The molecule has 138 valence electrons. The first-order valence-electron chi connectivity index (χ1n) is 9.06. The summed E-state index contributed by atoms with van der Waals surface area (Å²) in [4.78, 5) is 11.0. The number of likely N-dealkylation sites (N-methyl/N-ethyl adjacent to an activating group) is 1. The van der Waals surface area contributed by atoms with Crippen molar-refractivity contribution in [2.45, 2.75) is 32.5 Å². The normalized spacial score (nSPS) is 19.4. The van der Waals surface area contributed by atoms with Crippen molar-refractivity contribution in [2.24, 2.45) is 0 Å². The van der Waals surface area contributed by atoms with Crippen molar-refractivity contribution in [3.05, 3.63) is 83.2 Å². The van der Waals surface area contributed by atoms with E-state index in [4.69, 9.17) is 12.2 Å². The fourth-order valence-corrected chi connectivity index (χ4v) is 4.13. The molecule has 0 saturated carbocycles. The zero-order valence-corrected chi connectivity index (χ0v) is 16.6. The standard InChI is InChI=1S/C21H23N5S/c1-14-11-17(15(2)26(14)13-16-7-6-9-22-12-16)20-19(24-21(27)25(20)3)18-8-4-5-10-23-18/h4-12,19-20H,13H2,1-3H3,(H,24,27)/t19-,20+/m1/s1. The lowest BCUT2D eigenvalue weighted by Crippen LogP contribution is -2.25. The molecule has 1 aliphatic heterocycles. The molecule has 4 heterocycles. The fraction of sp³-hybridized carbons (Fsp3) is 0.286. The second-order valence-electron chi connectivity index (χ2n) is 7.01. The predicted molar refractivity (Wildman–Crippen MR) is 110 cm³/mol. The van der Waals surface area contributed by atoms with Gasteiger partial charge in [0.2, 0.25) is 0 Å². The van der Waals surface area contributed by atoms with Gasteiger partial charge in [-0.1, -0.05) is 12.1 Å². The molecule has 5 nitrogen and oxygen atoms in total. The van der Waals surface area contributed by atoms with Gasteiger partial charge in [0.15, 0.2) is 5.11 Å². The van der Waals surface area contributed by atoms with E-state index in [0.29, 0.717) is 0 Å². The average Bonchev–Trinajstić information content (AvgIpc) is 3.13. The minimum atomic E-state index is 0.0380. The largest absolute Gasteiger partial charge is 0.352 e. The third-order valence-electron chi connectivity index (χ3n) is 5.33. The van der Waals surface area contributed by atoms with E-state index in [0.717, 1.165) is 17.4 Å². The summed E-state index contributed by atoms with van der Waals surface area (Å²) in [6, 6.07) is 12.5. The van der Waals surface area contributed by atoms with Crippen LogP contribution in [0.4, 0.5) is 0 Å². The number of rotatable bonds is 4. The van der Waals surface area contributed by atoms with Crippen LogP contribution in [-0.4, -0.2) is 31.6 Å². The summed E-state index contributed by atoms with van der Waals surface area (Å²) in [7, 11) is 2.05. The van der Waals surface area contributed by atoms with Crippen LogP contribution in [0.15, 0.2) is 55.0 Å². The van der Waals surface area contributed by atoms with Gasteiger partial charge < -0.3 is 14.8 Å². The number of aryl methyl sites for hydroxylation is 1. The van der Waals surface area contributed by atoms with Crippen molar-refractivity contribution in [1.29, 1.82) is 0 Å². The van der Waals surface area contributed by atoms with Gasteiger partial charge >= 0.3 is 0 Å². The Labute approximate surface area is 165 Å². The lowest BCUT2D eigenvalue weighted by atomic mass is 9.97. The lowest BCUT2D eigenvalue weighted by molar-refractivity contribution is 0.366. The summed E-state index contributed by atoms with van der Waals surface area (Å²) in [5, 5.41) is 4.21. The molecule has 0 aromatic carbocycles. The van der Waals surface area contributed by atoms with Gasteiger partial charge in [0.1, 0.15) is 0 Å². The molecule has 0 bridgehead atoms. The molecule has 0 unspecified atom stereocenters. The molecule has 3 aromatic heterocycles. The van der Waals surface area contributed by atoms with Crippen molar-refractivity contribution >= 4 is 17.3 Å². The molecule has 0 radical (unpaired) electrons. The van der Waals surface area contributed by atoms with Crippen LogP contribution < -0.4 is 5.32 Å². The number of nitrogens with one attached hydrogen (secondary N) is 1. The molecule has 1 fully saturated rings. The van der Waals surface area contributed by atoms with Crippen molar-refractivity contribution in [3.63, 3.8) is 0 Å². The Kier molecular flexibility index (Phi) is 4.66. The van der Waals surface area contributed by atoms with Crippen molar-refractivity contribution in [2.75, 3.05) is 7.05 Å². The number of aromatic nitrogens is 3. The second-order valence-corrected chi connectivity index (χ2v) is 7.40. The van der Waals surface area contributed by atoms with E-state index in [1.807, 2.05) is 36.8 Å². The predicted octanol–water partition coefficient (Wildman–Crippen LogP) is 3.55. The maximum atomic E-state index is 5.56. The Hall–Kier alpha value is -2.73. The molecule has 0 aliphatic carbocycles. The maximum absolute atomic E-state index is 5.56. The quantitative estimate of drug-likeness (QED) is 0.705. The monoisotopic (exact) mass is 377 g/mol. The van der Waals surface area contributed by atoms with Crippen LogP contribution in [0, 0.1) is 13.8 Å². The van der Waals surface area contributed by atoms with Crippen LogP contribution >= 0.6 is 12.2 Å². The smallest absolute Gasteiger partial charge is 0.169 e.